The fraction of sp³-hybridized carbons (Fsp3) is 0.500. The molecule has 2 atom stereocenters. The van der Waals surface area contributed by atoms with Crippen LogP contribution in [-0.4, -0.2) is 12.1 Å². The van der Waals surface area contributed by atoms with Gasteiger partial charge in [0.05, 0.1) is 0 Å². The quantitative estimate of drug-likeness (QED) is 0.403. The van der Waals surface area contributed by atoms with Crippen molar-refractivity contribution in [1.82, 2.24) is 0 Å². The van der Waals surface area contributed by atoms with E-state index in [4.69, 9.17) is 4.74 Å². The van der Waals surface area contributed by atoms with Crippen LogP contribution >= 0.6 is 0 Å². The molecule has 0 saturated carbocycles. The Morgan fingerprint density at radius 1 is 1.50 bits per heavy atom. The van der Waals surface area contributed by atoms with Crippen LogP contribution in [0.3, 0.4) is 0 Å². The van der Waals surface area contributed by atoms with Crippen molar-refractivity contribution in [2.24, 2.45) is 5.92 Å². The summed E-state index contributed by atoms with van der Waals surface area (Å²) >= 11 is 0. The molecule has 0 amide bonds. The van der Waals surface area contributed by atoms with Crippen LogP contribution in [0, 0.1) is 5.92 Å². The van der Waals surface area contributed by atoms with Gasteiger partial charge in [-0.3, -0.25) is 0 Å². The van der Waals surface area contributed by atoms with E-state index in [1.807, 2.05) is 13.0 Å². The molecule has 1 aliphatic heterocycles. The number of cyclic esters (lactones) is 1. The Balaban J connectivity index is 2.40. The monoisotopic (exact) mass is 164 g/mol. The largest absolute Gasteiger partial charge is 0.455 e. The summed E-state index contributed by atoms with van der Waals surface area (Å²) in [6.07, 6.45) is 4.93. The van der Waals surface area contributed by atoms with Crippen molar-refractivity contribution in [1.29, 1.82) is 0 Å². The minimum atomic E-state index is -0.117. The fourth-order valence-electron chi connectivity index (χ4n) is 2.00. The highest BCUT2D eigenvalue weighted by Crippen LogP contribution is 2.34. The summed E-state index contributed by atoms with van der Waals surface area (Å²) in [5.74, 6) is 0.254. The van der Waals surface area contributed by atoms with E-state index < -0.39 is 0 Å². The molecule has 64 valence electrons. The molecule has 12 heavy (non-hydrogen) atoms. The third-order valence-electron chi connectivity index (χ3n) is 2.55. The summed E-state index contributed by atoms with van der Waals surface area (Å²) in [5, 5.41) is 0. The molecule has 2 rings (SSSR count). The zero-order chi connectivity index (χ0) is 8.72. The van der Waals surface area contributed by atoms with E-state index in [1.165, 1.54) is 5.57 Å². The fourth-order valence-corrected chi connectivity index (χ4v) is 2.00. The maximum absolute atomic E-state index is 11.3. The highest BCUT2D eigenvalue weighted by Gasteiger charge is 2.33. The summed E-state index contributed by atoms with van der Waals surface area (Å²) < 4.78 is 5.13. The zero-order valence-corrected chi connectivity index (χ0v) is 7.33. The molecule has 1 aliphatic carbocycles. The summed E-state index contributed by atoms with van der Waals surface area (Å²) in [5.41, 5.74) is 2.07. The number of hydrogen-bond donors (Lipinski definition) is 0. The standard InChI is InChI=1S/C10H12O2/c1-6-4-3-5-8-9(6)7(2)12-10(8)11/h3-4,6-7H,5H2,1-2H3. The average Bonchev–Trinajstić information content (AvgIpc) is 2.29. The zero-order valence-electron chi connectivity index (χ0n) is 7.33. The van der Waals surface area contributed by atoms with Gasteiger partial charge in [-0.15, -0.1) is 0 Å². The van der Waals surface area contributed by atoms with Crippen LogP contribution in [0.2, 0.25) is 0 Å². The second-order valence-electron chi connectivity index (χ2n) is 3.40. The van der Waals surface area contributed by atoms with Gasteiger partial charge in [0.15, 0.2) is 0 Å². The molecule has 2 heteroatoms. The highest BCUT2D eigenvalue weighted by atomic mass is 16.5. The van der Waals surface area contributed by atoms with E-state index >= 15 is 0 Å². The second kappa shape index (κ2) is 2.47. The molecule has 0 radical (unpaired) electrons. The Labute approximate surface area is 71.9 Å². The molecule has 0 saturated heterocycles. The maximum atomic E-state index is 11.3. The van der Waals surface area contributed by atoms with Crippen LogP contribution in [0.5, 0.6) is 0 Å². The van der Waals surface area contributed by atoms with Gasteiger partial charge in [0, 0.05) is 5.57 Å². The van der Waals surface area contributed by atoms with Crippen molar-refractivity contribution in [3.8, 4) is 0 Å². The van der Waals surface area contributed by atoms with Gasteiger partial charge in [0.2, 0.25) is 0 Å². The number of carbonyl (C=O) groups excluding carboxylic acids is 1. The number of carbonyl (C=O) groups is 1. The first kappa shape index (κ1) is 7.59. The molecule has 2 nitrogen and oxygen atoms in total. The van der Waals surface area contributed by atoms with Crippen molar-refractivity contribution < 1.29 is 9.53 Å². The number of rotatable bonds is 0. The predicted molar refractivity (Wildman–Crippen MR) is 45.5 cm³/mol. The van der Waals surface area contributed by atoms with Gasteiger partial charge >= 0.3 is 5.97 Å². The van der Waals surface area contributed by atoms with Crippen molar-refractivity contribution in [2.75, 3.05) is 0 Å². The van der Waals surface area contributed by atoms with Crippen LogP contribution in [0.25, 0.3) is 0 Å². The molecule has 0 bridgehead atoms. The second-order valence-corrected chi connectivity index (χ2v) is 3.40. The molecule has 0 spiro atoms. The Bertz CT molecular complexity index is 286. The van der Waals surface area contributed by atoms with Gasteiger partial charge in [0.1, 0.15) is 6.10 Å². The topological polar surface area (TPSA) is 26.3 Å². The lowest BCUT2D eigenvalue weighted by Crippen LogP contribution is -2.11. The molecule has 1 heterocycles. The predicted octanol–water partition coefficient (Wildman–Crippen LogP) is 1.82. The third kappa shape index (κ3) is 0.909. The van der Waals surface area contributed by atoms with Gasteiger partial charge in [-0.2, -0.15) is 0 Å². The molecule has 0 fully saturated rings. The van der Waals surface area contributed by atoms with E-state index in [2.05, 4.69) is 13.0 Å². The minimum absolute atomic E-state index is 0.00699. The van der Waals surface area contributed by atoms with Crippen LogP contribution in [0.15, 0.2) is 23.3 Å². The van der Waals surface area contributed by atoms with Crippen molar-refractivity contribution in [3.05, 3.63) is 23.3 Å². The first-order valence-electron chi connectivity index (χ1n) is 4.30. The number of ether oxygens (including phenoxy) is 1. The number of allylic oxidation sites excluding steroid dienone is 2. The van der Waals surface area contributed by atoms with E-state index in [-0.39, 0.29) is 12.1 Å². The molecule has 0 N–H and O–H groups in total. The molecule has 0 aromatic carbocycles. The number of hydrogen-bond acceptors (Lipinski definition) is 2. The summed E-state index contributed by atoms with van der Waals surface area (Å²) in [6.45, 7) is 4.04. The van der Waals surface area contributed by atoms with E-state index in [9.17, 15) is 4.79 Å². The summed E-state index contributed by atoms with van der Waals surface area (Å²) in [4.78, 5) is 11.3. The molecule has 0 aromatic heterocycles. The van der Waals surface area contributed by atoms with Gasteiger partial charge in [-0.05, 0) is 24.8 Å². The van der Waals surface area contributed by atoms with Gasteiger partial charge in [-0.25, -0.2) is 4.79 Å². The van der Waals surface area contributed by atoms with Crippen LogP contribution < -0.4 is 0 Å². The van der Waals surface area contributed by atoms with Gasteiger partial charge in [0.25, 0.3) is 0 Å². The molecular weight excluding hydrogens is 152 g/mol. The number of esters is 1. The Hall–Kier alpha value is -1.05. The lowest BCUT2D eigenvalue weighted by atomic mass is 9.88. The Morgan fingerprint density at radius 2 is 2.25 bits per heavy atom. The Morgan fingerprint density at radius 3 is 2.92 bits per heavy atom. The van der Waals surface area contributed by atoms with E-state index in [1.54, 1.807) is 0 Å². The van der Waals surface area contributed by atoms with Crippen LogP contribution in [0.4, 0.5) is 0 Å². The highest BCUT2D eigenvalue weighted by molar-refractivity contribution is 5.93. The smallest absolute Gasteiger partial charge is 0.335 e. The van der Waals surface area contributed by atoms with Crippen molar-refractivity contribution >= 4 is 5.97 Å². The average molecular weight is 164 g/mol. The normalized spacial score (nSPS) is 33.7. The molecule has 0 aromatic rings. The first-order valence-corrected chi connectivity index (χ1v) is 4.30. The van der Waals surface area contributed by atoms with Gasteiger partial charge in [-0.1, -0.05) is 19.1 Å². The lowest BCUT2D eigenvalue weighted by Gasteiger charge is -2.15. The van der Waals surface area contributed by atoms with Gasteiger partial charge < -0.3 is 4.74 Å². The summed E-state index contributed by atoms with van der Waals surface area (Å²) in [6, 6.07) is 0. The molecule has 2 aliphatic rings. The van der Waals surface area contributed by atoms with Crippen LogP contribution in [-0.2, 0) is 9.53 Å². The maximum Gasteiger partial charge on any atom is 0.335 e. The molecule has 2 unspecified atom stereocenters. The minimum Gasteiger partial charge on any atom is -0.455 e. The lowest BCUT2D eigenvalue weighted by molar-refractivity contribution is -0.139. The summed E-state index contributed by atoms with van der Waals surface area (Å²) in [7, 11) is 0. The van der Waals surface area contributed by atoms with Crippen molar-refractivity contribution in [2.45, 2.75) is 26.4 Å². The Kier molecular flexibility index (Phi) is 1.56. The third-order valence-corrected chi connectivity index (χ3v) is 2.55. The van der Waals surface area contributed by atoms with E-state index in [0.29, 0.717) is 5.92 Å². The molecular formula is C10H12O2. The van der Waals surface area contributed by atoms with Crippen LogP contribution in [0.1, 0.15) is 20.3 Å². The SMILES string of the molecule is CC1C=CCC2=C1C(C)OC2=O. The van der Waals surface area contributed by atoms with Crippen molar-refractivity contribution in [3.63, 3.8) is 0 Å². The van der Waals surface area contributed by atoms with E-state index in [0.717, 1.165) is 12.0 Å². The first-order chi connectivity index (χ1) is 5.70.